The molecule has 0 aliphatic heterocycles. The molecular weight excluding hydrogens is 655 g/mol. The lowest BCUT2D eigenvalue weighted by molar-refractivity contribution is -0.141. The van der Waals surface area contributed by atoms with Gasteiger partial charge in [0.05, 0.1) is 33.9 Å². The maximum absolute atomic E-state index is 12.9. The van der Waals surface area contributed by atoms with Gasteiger partial charge >= 0.3 is 5.97 Å². The minimum atomic E-state index is -1.27. The molecule has 0 fully saturated rings. The summed E-state index contributed by atoms with van der Waals surface area (Å²) in [6, 6.07) is 13.4. The van der Waals surface area contributed by atoms with E-state index in [4.69, 9.17) is 23.2 Å². The molecule has 0 saturated carbocycles. The van der Waals surface area contributed by atoms with Gasteiger partial charge in [-0.15, -0.1) is 10.2 Å². The Labute approximate surface area is 283 Å². The fraction of sp³-hybridized carbons (Fsp3) is 0.419. The van der Waals surface area contributed by atoms with Crippen LogP contribution in [0.5, 0.6) is 0 Å². The standard InChI is InChI=1S/C27H28Cl2N6O6S.2C2H6/c1-16(31-24(39)14-30-23(38)11-10-17-6-3-2-4-7-17)21(36)12-18(13-25(40)41)22(37)15-35-33-27(32-34-35)42-26-19(28)8-5-9-20(26)29;2*1-2/h2-9,16,18H,10-15H2,1H3,(H,30,38)(H,31,39)(H,40,41);2*1-2H3. The zero-order valence-electron chi connectivity index (χ0n) is 26.5. The quantitative estimate of drug-likeness (QED) is 0.184. The molecule has 46 heavy (non-hydrogen) atoms. The third-order valence-corrected chi connectivity index (χ3v) is 7.80. The zero-order valence-corrected chi connectivity index (χ0v) is 28.8. The van der Waals surface area contributed by atoms with Crippen molar-refractivity contribution in [2.75, 3.05) is 6.54 Å². The van der Waals surface area contributed by atoms with E-state index in [-0.39, 0.29) is 24.0 Å². The number of nitrogens with one attached hydrogen (secondary N) is 2. The van der Waals surface area contributed by atoms with Gasteiger partial charge in [0.2, 0.25) is 17.0 Å². The normalized spacial score (nSPS) is 11.5. The smallest absolute Gasteiger partial charge is 0.304 e. The van der Waals surface area contributed by atoms with Gasteiger partial charge < -0.3 is 15.7 Å². The van der Waals surface area contributed by atoms with Crippen molar-refractivity contribution in [1.82, 2.24) is 30.8 Å². The van der Waals surface area contributed by atoms with Crippen LogP contribution in [-0.4, -0.2) is 67.3 Å². The van der Waals surface area contributed by atoms with E-state index >= 15 is 0 Å². The zero-order chi connectivity index (χ0) is 34.6. The van der Waals surface area contributed by atoms with Gasteiger partial charge in [0.1, 0.15) is 6.54 Å². The molecule has 0 saturated heterocycles. The molecule has 0 aliphatic carbocycles. The number of aliphatic carboxylic acids is 1. The molecule has 250 valence electrons. The summed E-state index contributed by atoms with van der Waals surface area (Å²) in [6.07, 6.45) is -0.322. The summed E-state index contributed by atoms with van der Waals surface area (Å²) in [4.78, 5) is 62.9. The Hall–Kier alpha value is -3.81. The molecule has 1 aromatic heterocycles. The topological polar surface area (TPSA) is 173 Å². The average Bonchev–Trinajstić information content (AvgIpc) is 3.49. The maximum Gasteiger partial charge on any atom is 0.304 e. The molecule has 0 aliphatic rings. The van der Waals surface area contributed by atoms with Gasteiger partial charge in [-0.05, 0) is 48.0 Å². The number of benzene rings is 2. The SMILES string of the molecule is CC.CC.CC(NC(=O)CNC(=O)CCc1ccccc1)C(=O)CC(CC(=O)O)C(=O)Cn1nnc(Sc2c(Cl)cccc2Cl)n1. The third-order valence-electron chi connectivity index (χ3n) is 5.96. The molecule has 2 unspecified atom stereocenters. The van der Waals surface area contributed by atoms with E-state index in [0.717, 1.165) is 22.1 Å². The summed E-state index contributed by atoms with van der Waals surface area (Å²) in [6.45, 7) is 8.66. The van der Waals surface area contributed by atoms with Gasteiger partial charge in [-0.1, -0.05) is 87.3 Å². The summed E-state index contributed by atoms with van der Waals surface area (Å²) in [7, 11) is 0. The fourth-order valence-corrected chi connectivity index (χ4v) is 5.10. The highest BCUT2D eigenvalue weighted by Crippen LogP contribution is 2.36. The van der Waals surface area contributed by atoms with E-state index in [1.54, 1.807) is 18.2 Å². The summed E-state index contributed by atoms with van der Waals surface area (Å²) in [5.41, 5.74) is 0.989. The highest BCUT2D eigenvalue weighted by Gasteiger charge is 2.28. The molecule has 3 N–H and O–H groups in total. The number of tetrazole rings is 1. The number of hydrogen-bond acceptors (Lipinski definition) is 9. The monoisotopic (exact) mass is 694 g/mol. The molecule has 0 radical (unpaired) electrons. The highest BCUT2D eigenvalue weighted by molar-refractivity contribution is 7.99. The Morgan fingerprint density at radius 3 is 2.13 bits per heavy atom. The Balaban J connectivity index is 0.00000254. The number of carbonyl (C=O) groups excluding carboxylic acids is 4. The number of aryl methyl sites for hydroxylation is 1. The molecule has 12 nitrogen and oxygen atoms in total. The minimum absolute atomic E-state index is 0.159. The molecule has 15 heteroatoms. The van der Waals surface area contributed by atoms with E-state index < -0.39 is 54.8 Å². The van der Waals surface area contributed by atoms with Crippen molar-refractivity contribution in [3.8, 4) is 0 Å². The molecule has 1 heterocycles. The van der Waals surface area contributed by atoms with E-state index in [2.05, 4.69) is 26.0 Å². The first kappa shape index (κ1) is 40.2. The number of rotatable bonds is 16. The van der Waals surface area contributed by atoms with Crippen LogP contribution in [0.25, 0.3) is 0 Å². The number of carbonyl (C=O) groups is 5. The average molecular weight is 696 g/mol. The third kappa shape index (κ3) is 14.5. The van der Waals surface area contributed by atoms with E-state index in [1.807, 2.05) is 58.0 Å². The van der Waals surface area contributed by atoms with Crippen molar-refractivity contribution >= 4 is 64.3 Å². The Morgan fingerprint density at radius 2 is 1.52 bits per heavy atom. The Morgan fingerprint density at radius 1 is 0.891 bits per heavy atom. The lowest BCUT2D eigenvalue weighted by Crippen LogP contribution is -2.44. The van der Waals surface area contributed by atoms with Crippen LogP contribution in [0.4, 0.5) is 0 Å². The lowest BCUT2D eigenvalue weighted by atomic mass is 9.92. The van der Waals surface area contributed by atoms with Crippen LogP contribution in [0, 0.1) is 5.92 Å². The summed E-state index contributed by atoms with van der Waals surface area (Å²) < 4.78 is 0. The van der Waals surface area contributed by atoms with E-state index in [0.29, 0.717) is 21.4 Å². The minimum Gasteiger partial charge on any atom is -0.481 e. The number of amides is 2. The fourth-order valence-electron chi connectivity index (χ4n) is 3.75. The molecule has 0 spiro atoms. The van der Waals surface area contributed by atoms with Crippen LogP contribution in [-0.2, 0) is 36.9 Å². The summed E-state index contributed by atoms with van der Waals surface area (Å²) in [5.74, 6) is -4.52. The van der Waals surface area contributed by atoms with Crippen molar-refractivity contribution in [3.05, 3.63) is 64.1 Å². The van der Waals surface area contributed by atoms with Gasteiger partial charge in [0, 0.05) is 18.8 Å². The van der Waals surface area contributed by atoms with Crippen LogP contribution >= 0.6 is 35.0 Å². The van der Waals surface area contributed by atoms with Crippen LogP contribution in [0.15, 0.2) is 58.6 Å². The number of Topliss-reactive ketones (excluding diaryl/α,β-unsaturated/α-hetero) is 2. The number of nitrogens with zero attached hydrogens (tertiary/aromatic N) is 4. The molecule has 3 aromatic rings. The van der Waals surface area contributed by atoms with Crippen LogP contribution in [0.1, 0.15) is 59.4 Å². The van der Waals surface area contributed by atoms with E-state index in [1.165, 1.54) is 6.92 Å². The molecule has 2 aromatic carbocycles. The Kier molecular flexibility index (Phi) is 19.1. The maximum atomic E-state index is 12.9. The van der Waals surface area contributed by atoms with Gasteiger partial charge in [-0.3, -0.25) is 24.0 Å². The second-order valence-corrected chi connectivity index (χ2v) is 11.0. The predicted molar refractivity (Wildman–Crippen MR) is 177 cm³/mol. The van der Waals surface area contributed by atoms with Crippen molar-refractivity contribution in [2.24, 2.45) is 5.92 Å². The van der Waals surface area contributed by atoms with Crippen molar-refractivity contribution < 1.29 is 29.1 Å². The number of carboxylic acids is 1. The summed E-state index contributed by atoms with van der Waals surface area (Å²) in [5, 5.41) is 27.0. The van der Waals surface area contributed by atoms with E-state index in [9.17, 15) is 29.1 Å². The number of halogens is 2. The Bertz CT molecular complexity index is 1420. The predicted octanol–water partition coefficient (Wildman–Crippen LogP) is 5.06. The first-order valence-corrected chi connectivity index (χ1v) is 16.4. The largest absolute Gasteiger partial charge is 0.481 e. The first-order chi connectivity index (χ1) is 22.0. The summed E-state index contributed by atoms with van der Waals surface area (Å²) >= 11 is 13.4. The van der Waals surface area contributed by atoms with Crippen molar-refractivity contribution in [2.45, 2.75) is 82.9 Å². The molecule has 3 rings (SSSR count). The molecular formula is C31H40Cl2N6O6S. The number of aromatic nitrogens is 4. The van der Waals surface area contributed by atoms with Crippen molar-refractivity contribution in [3.63, 3.8) is 0 Å². The van der Waals surface area contributed by atoms with Gasteiger partial charge in [0.25, 0.3) is 0 Å². The molecule has 2 atom stereocenters. The first-order valence-electron chi connectivity index (χ1n) is 14.8. The van der Waals surface area contributed by atoms with Gasteiger partial charge in [-0.2, -0.15) is 4.80 Å². The van der Waals surface area contributed by atoms with Crippen molar-refractivity contribution in [1.29, 1.82) is 0 Å². The molecule has 0 bridgehead atoms. The van der Waals surface area contributed by atoms with Crippen LogP contribution in [0.2, 0.25) is 10.0 Å². The number of hydrogen-bond donors (Lipinski definition) is 3. The second kappa shape index (κ2) is 21.8. The highest BCUT2D eigenvalue weighted by atomic mass is 35.5. The van der Waals surface area contributed by atoms with Gasteiger partial charge in [-0.25, -0.2) is 0 Å². The second-order valence-electron chi connectivity index (χ2n) is 9.24. The van der Waals surface area contributed by atoms with Gasteiger partial charge in [0.15, 0.2) is 11.6 Å². The molecule has 2 amide bonds. The van der Waals surface area contributed by atoms with Crippen LogP contribution < -0.4 is 10.6 Å². The number of carboxylic acid groups (broad SMARTS) is 1. The lowest BCUT2D eigenvalue weighted by Gasteiger charge is -2.17. The van der Waals surface area contributed by atoms with Crippen LogP contribution in [0.3, 0.4) is 0 Å². The number of ketones is 2.